The molecule has 21 heavy (non-hydrogen) atoms. The van der Waals surface area contributed by atoms with Crippen molar-refractivity contribution in [3.63, 3.8) is 0 Å². The lowest BCUT2D eigenvalue weighted by molar-refractivity contribution is -0.132. The number of hydrogen-bond donors (Lipinski definition) is 1. The van der Waals surface area contributed by atoms with Crippen LogP contribution in [0.4, 0.5) is 0 Å². The van der Waals surface area contributed by atoms with Crippen molar-refractivity contribution < 1.29 is 19.4 Å². The van der Waals surface area contributed by atoms with Crippen LogP contribution in [0.15, 0.2) is 43.5 Å². The maximum atomic E-state index is 12.0. The van der Waals surface area contributed by atoms with Gasteiger partial charge in [-0.15, -0.1) is 13.2 Å². The minimum atomic E-state index is -1.09. The molecule has 1 amide bonds. The Morgan fingerprint density at radius 3 is 2.43 bits per heavy atom. The van der Waals surface area contributed by atoms with E-state index in [-0.39, 0.29) is 23.8 Å². The van der Waals surface area contributed by atoms with Gasteiger partial charge in [0.2, 0.25) is 0 Å². The molecule has 0 saturated carbocycles. The Bertz CT molecular complexity index is 541. The van der Waals surface area contributed by atoms with Gasteiger partial charge in [0.1, 0.15) is 11.3 Å². The van der Waals surface area contributed by atoms with Crippen LogP contribution in [-0.2, 0) is 4.79 Å². The number of benzene rings is 1. The molecule has 0 atom stereocenters. The standard InChI is InChI=1S/C16H19NO4/c1-4-8-17(9-5-2)15(18)11-21-14-7-6-12(3)10-13(14)16(19)20/h4-7,10H,1-2,8-9,11H2,3H3,(H,19,20). The first kappa shape index (κ1) is 16.5. The molecule has 1 rings (SSSR count). The first-order valence-corrected chi connectivity index (χ1v) is 6.46. The van der Waals surface area contributed by atoms with E-state index in [0.717, 1.165) is 5.56 Å². The van der Waals surface area contributed by atoms with E-state index >= 15 is 0 Å². The van der Waals surface area contributed by atoms with Gasteiger partial charge in [-0.2, -0.15) is 0 Å². The fourth-order valence-corrected chi connectivity index (χ4v) is 1.76. The van der Waals surface area contributed by atoms with Crippen LogP contribution in [0.1, 0.15) is 15.9 Å². The molecule has 0 aromatic heterocycles. The minimum absolute atomic E-state index is 0.0433. The average Bonchev–Trinajstić information content (AvgIpc) is 2.45. The van der Waals surface area contributed by atoms with Gasteiger partial charge >= 0.3 is 5.97 Å². The van der Waals surface area contributed by atoms with Crippen LogP contribution in [0.25, 0.3) is 0 Å². The van der Waals surface area contributed by atoms with Crippen LogP contribution in [0, 0.1) is 6.92 Å². The van der Waals surface area contributed by atoms with Crippen molar-refractivity contribution in [2.45, 2.75) is 6.92 Å². The lowest BCUT2D eigenvalue weighted by atomic mass is 10.1. The number of carbonyl (C=O) groups is 2. The Labute approximate surface area is 124 Å². The fraction of sp³-hybridized carbons (Fsp3) is 0.250. The number of carboxylic acid groups (broad SMARTS) is 1. The molecule has 0 unspecified atom stereocenters. The topological polar surface area (TPSA) is 66.8 Å². The van der Waals surface area contributed by atoms with E-state index in [1.807, 2.05) is 0 Å². The maximum Gasteiger partial charge on any atom is 0.339 e. The van der Waals surface area contributed by atoms with E-state index in [2.05, 4.69) is 13.2 Å². The summed E-state index contributed by atoms with van der Waals surface area (Å²) in [6, 6.07) is 4.79. The zero-order chi connectivity index (χ0) is 15.8. The lowest BCUT2D eigenvalue weighted by Crippen LogP contribution is -2.35. The Morgan fingerprint density at radius 2 is 1.90 bits per heavy atom. The first-order valence-electron chi connectivity index (χ1n) is 6.46. The molecule has 0 saturated heterocycles. The molecule has 0 heterocycles. The molecule has 0 aliphatic carbocycles. The fourth-order valence-electron chi connectivity index (χ4n) is 1.76. The maximum absolute atomic E-state index is 12.0. The van der Waals surface area contributed by atoms with Gasteiger partial charge < -0.3 is 14.7 Å². The van der Waals surface area contributed by atoms with Gasteiger partial charge in [0.25, 0.3) is 5.91 Å². The largest absolute Gasteiger partial charge is 0.483 e. The average molecular weight is 289 g/mol. The smallest absolute Gasteiger partial charge is 0.339 e. The van der Waals surface area contributed by atoms with Gasteiger partial charge in [-0.05, 0) is 19.1 Å². The highest BCUT2D eigenvalue weighted by atomic mass is 16.5. The molecular weight excluding hydrogens is 270 g/mol. The Hall–Kier alpha value is -2.56. The SMILES string of the molecule is C=CCN(CC=C)C(=O)COc1ccc(C)cc1C(=O)O. The number of nitrogens with zero attached hydrogens (tertiary/aromatic N) is 1. The Balaban J connectivity index is 2.78. The number of aryl methyl sites for hydroxylation is 1. The van der Waals surface area contributed by atoms with E-state index in [9.17, 15) is 9.59 Å². The van der Waals surface area contributed by atoms with Crippen molar-refractivity contribution in [3.05, 3.63) is 54.6 Å². The molecule has 0 spiro atoms. The Morgan fingerprint density at radius 1 is 1.29 bits per heavy atom. The van der Waals surface area contributed by atoms with Crippen molar-refractivity contribution in [1.29, 1.82) is 0 Å². The van der Waals surface area contributed by atoms with Crippen LogP contribution in [0.3, 0.4) is 0 Å². The summed E-state index contributed by atoms with van der Waals surface area (Å²) in [5.74, 6) is -1.17. The molecule has 1 N–H and O–H groups in total. The number of rotatable bonds is 8. The Kier molecular flexibility index (Phi) is 6.20. The van der Waals surface area contributed by atoms with Gasteiger partial charge in [-0.25, -0.2) is 4.79 Å². The third-order valence-electron chi connectivity index (χ3n) is 2.77. The van der Waals surface area contributed by atoms with Crippen molar-refractivity contribution in [3.8, 4) is 5.75 Å². The summed E-state index contributed by atoms with van der Waals surface area (Å²) in [5.41, 5.74) is 0.854. The molecule has 0 aliphatic rings. The van der Waals surface area contributed by atoms with Crippen molar-refractivity contribution in [1.82, 2.24) is 4.90 Å². The molecule has 0 bridgehead atoms. The molecule has 0 radical (unpaired) electrons. The first-order chi connectivity index (χ1) is 9.99. The van der Waals surface area contributed by atoms with Crippen LogP contribution < -0.4 is 4.74 Å². The van der Waals surface area contributed by atoms with Gasteiger partial charge in [0.15, 0.2) is 6.61 Å². The minimum Gasteiger partial charge on any atom is -0.483 e. The summed E-state index contributed by atoms with van der Waals surface area (Å²) in [4.78, 5) is 24.7. The molecular formula is C16H19NO4. The zero-order valence-electron chi connectivity index (χ0n) is 12.0. The molecule has 5 heteroatoms. The second-order valence-electron chi connectivity index (χ2n) is 4.47. The van der Waals surface area contributed by atoms with E-state index in [1.54, 1.807) is 31.2 Å². The lowest BCUT2D eigenvalue weighted by Gasteiger charge is -2.19. The predicted octanol–water partition coefficient (Wildman–Crippen LogP) is 2.27. The third kappa shape index (κ3) is 4.80. The predicted molar refractivity (Wildman–Crippen MR) is 80.6 cm³/mol. The molecule has 0 fully saturated rings. The zero-order valence-corrected chi connectivity index (χ0v) is 12.0. The van der Waals surface area contributed by atoms with Crippen molar-refractivity contribution in [2.24, 2.45) is 0 Å². The summed E-state index contributed by atoms with van der Waals surface area (Å²) in [6.07, 6.45) is 3.21. The third-order valence-corrected chi connectivity index (χ3v) is 2.77. The second kappa shape index (κ2) is 7.89. The van der Waals surface area contributed by atoms with Crippen LogP contribution in [-0.4, -0.2) is 41.6 Å². The highest BCUT2D eigenvalue weighted by Crippen LogP contribution is 2.20. The van der Waals surface area contributed by atoms with Gasteiger partial charge in [0.05, 0.1) is 0 Å². The van der Waals surface area contributed by atoms with E-state index in [4.69, 9.17) is 9.84 Å². The number of aromatic carboxylic acids is 1. The summed E-state index contributed by atoms with van der Waals surface area (Å²) in [7, 11) is 0. The summed E-state index contributed by atoms with van der Waals surface area (Å²) >= 11 is 0. The van der Waals surface area contributed by atoms with E-state index in [1.165, 1.54) is 11.0 Å². The summed E-state index contributed by atoms with van der Waals surface area (Å²) in [5, 5.41) is 9.13. The van der Waals surface area contributed by atoms with E-state index in [0.29, 0.717) is 13.1 Å². The quantitative estimate of drug-likeness (QED) is 0.746. The van der Waals surface area contributed by atoms with Gasteiger partial charge in [0, 0.05) is 13.1 Å². The number of ether oxygens (including phenoxy) is 1. The molecule has 0 aliphatic heterocycles. The van der Waals surface area contributed by atoms with E-state index < -0.39 is 5.97 Å². The number of hydrogen-bond acceptors (Lipinski definition) is 3. The van der Waals surface area contributed by atoms with Crippen LogP contribution in [0.5, 0.6) is 5.75 Å². The normalized spacial score (nSPS) is 9.76. The number of amides is 1. The van der Waals surface area contributed by atoms with Crippen molar-refractivity contribution in [2.75, 3.05) is 19.7 Å². The second-order valence-corrected chi connectivity index (χ2v) is 4.47. The number of carbonyl (C=O) groups excluding carboxylic acids is 1. The monoisotopic (exact) mass is 289 g/mol. The van der Waals surface area contributed by atoms with Crippen LogP contribution in [0.2, 0.25) is 0 Å². The van der Waals surface area contributed by atoms with Gasteiger partial charge in [-0.3, -0.25) is 4.79 Å². The van der Waals surface area contributed by atoms with Crippen molar-refractivity contribution >= 4 is 11.9 Å². The summed E-state index contributed by atoms with van der Waals surface area (Å²) in [6.45, 7) is 9.49. The summed E-state index contributed by atoms with van der Waals surface area (Å²) < 4.78 is 5.35. The van der Waals surface area contributed by atoms with Crippen LogP contribution >= 0.6 is 0 Å². The number of carboxylic acids is 1. The van der Waals surface area contributed by atoms with Gasteiger partial charge in [-0.1, -0.05) is 23.8 Å². The molecule has 1 aromatic carbocycles. The highest BCUT2D eigenvalue weighted by Gasteiger charge is 2.15. The highest BCUT2D eigenvalue weighted by molar-refractivity contribution is 5.91. The molecule has 5 nitrogen and oxygen atoms in total. The molecule has 112 valence electrons. The molecule has 1 aromatic rings.